The van der Waals surface area contributed by atoms with Gasteiger partial charge in [0.05, 0.1) is 0 Å². The summed E-state index contributed by atoms with van der Waals surface area (Å²) in [6.45, 7) is 4.58. The molecule has 3 aromatic rings. The number of pyridine rings is 1. The first-order valence-electron chi connectivity index (χ1n) is 9.09. The summed E-state index contributed by atoms with van der Waals surface area (Å²) in [6, 6.07) is 24.0. The zero-order valence-corrected chi connectivity index (χ0v) is 17.8. The number of benzene rings is 2. The summed E-state index contributed by atoms with van der Waals surface area (Å²) >= 11 is -2.37. The second-order valence-corrected chi connectivity index (χ2v) is 16.8. The van der Waals surface area contributed by atoms with Gasteiger partial charge in [-0.05, 0) is 0 Å². The van der Waals surface area contributed by atoms with Crippen molar-refractivity contribution < 1.29 is 0 Å². The minimum atomic E-state index is -2.37. The number of hydrogen-bond donors (Lipinski definition) is 0. The molecule has 1 nitrogen and oxygen atoms in total. The summed E-state index contributed by atoms with van der Waals surface area (Å²) in [5.41, 5.74) is 3.73. The molecule has 0 aliphatic rings. The molecular formula is C23H27GeN. The quantitative estimate of drug-likeness (QED) is 0.572. The molecule has 1 aromatic heterocycles. The van der Waals surface area contributed by atoms with Crippen LogP contribution in [0, 0.1) is 5.92 Å². The first-order chi connectivity index (χ1) is 12.0. The van der Waals surface area contributed by atoms with E-state index in [1.807, 2.05) is 0 Å². The van der Waals surface area contributed by atoms with E-state index in [9.17, 15) is 0 Å². The molecule has 0 N–H and O–H groups in total. The molecule has 2 aromatic carbocycles. The molecule has 0 spiro atoms. The molecule has 25 heavy (non-hydrogen) atoms. The van der Waals surface area contributed by atoms with Gasteiger partial charge in [0, 0.05) is 0 Å². The zero-order chi connectivity index (χ0) is 17.9. The zero-order valence-electron chi connectivity index (χ0n) is 15.7. The summed E-state index contributed by atoms with van der Waals surface area (Å²) in [7, 11) is 0. The van der Waals surface area contributed by atoms with Crippen molar-refractivity contribution in [3.8, 4) is 11.3 Å². The molecule has 0 aliphatic heterocycles. The van der Waals surface area contributed by atoms with Crippen LogP contribution < -0.4 is 8.79 Å². The van der Waals surface area contributed by atoms with Crippen LogP contribution in [0.25, 0.3) is 11.3 Å². The van der Waals surface area contributed by atoms with Crippen molar-refractivity contribution >= 4 is 22.1 Å². The number of nitrogens with zero attached hydrogens (tertiary/aromatic N) is 1. The van der Waals surface area contributed by atoms with Crippen LogP contribution in [0.2, 0.25) is 11.5 Å². The van der Waals surface area contributed by atoms with Gasteiger partial charge in [-0.25, -0.2) is 0 Å². The third kappa shape index (κ3) is 4.04. The summed E-state index contributed by atoms with van der Waals surface area (Å²) in [5.74, 6) is 5.64. The van der Waals surface area contributed by atoms with Crippen LogP contribution in [0.3, 0.4) is 0 Å². The molecule has 0 bridgehead atoms. The maximum atomic E-state index is 4.80. The van der Waals surface area contributed by atoms with Gasteiger partial charge in [-0.3, -0.25) is 0 Å². The van der Waals surface area contributed by atoms with E-state index < -0.39 is 13.3 Å². The first-order valence-corrected chi connectivity index (χ1v) is 15.4. The minimum absolute atomic E-state index is 0.636. The van der Waals surface area contributed by atoms with Crippen molar-refractivity contribution in [3.05, 3.63) is 78.5 Å². The van der Waals surface area contributed by atoms with Gasteiger partial charge in [-0.2, -0.15) is 0 Å². The average Bonchev–Trinajstić information content (AvgIpc) is 2.63. The summed E-state index contributed by atoms with van der Waals surface area (Å²) < 4.78 is 3.09. The molecule has 0 unspecified atom stereocenters. The van der Waals surface area contributed by atoms with Crippen LogP contribution in [0.15, 0.2) is 72.9 Å². The molecule has 0 aliphatic carbocycles. The monoisotopic (exact) mass is 391 g/mol. The van der Waals surface area contributed by atoms with E-state index in [0.29, 0.717) is 5.92 Å². The molecule has 2 heteroatoms. The van der Waals surface area contributed by atoms with Crippen LogP contribution in [-0.2, 0) is 6.42 Å². The Kier molecular flexibility index (Phi) is 5.43. The van der Waals surface area contributed by atoms with Gasteiger partial charge in [0.25, 0.3) is 0 Å². The van der Waals surface area contributed by atoms with Crippen molar-refractivity contribution in [2.75, 3.05) is 0 Å². The molecule has 128 valence electrons. The van der Waals surface area contributed by atoms with E-state index >= 15 is 0 Å². The molecule has 3 rings (SSSR count). The molecule has 0 amide bonds. The predicted molar refractivity (Wildman–Crippen MR) is 111 cm³/mol. The fourth-order valence-corrected chi connectivity index (χ4v) is 9.33. The Balaban J connectivity index is 2.14. The van der Waals surface area contributed by atoms with E-state index in [1.54, 1.807) is 4.40 Å². The van der Waals surface area contributed by atoms with Crippen molar-refractivity contribution in [2.24, 2.45) is 5.92 Å². The van der Waals surface area contributed by atoms with Gasteiger partial charge in [-0.15, -0.1) is 0 Å². The summed E-state index contributed by atoms with van der Waals surface area (Å²) in [4.78, 5) is 4.80. The molecule has 0 saturated heterocycles. The Morgan fingerprint density at radius 2 is 1.48 bits per heavy atom. The Labute approximate surface area is 154 Å². The average molecular weight is 390 g/mol. The first kappa shape index (κ1) is 17.9. The van der Waals surface area contributed by atoms with E-state index in [4.69, 9.17) is 4.98 Å². The number of aromatic nitrogens is 1. The van der Waals surface area contributed by atoms with Crippen LogP contribution in [0.5, 0.6) is 0 Å². The van der Waals surface area contributed by atoms with Crippen LogP contribution >= 0.6 is 0 Å². The predicted octanol–water partition coefficient (Wildman–Crippen LogP) is 4.77. The van der Waals surface area contributed by atoms with E-state index in [1.165, 1.54) is 15.5 Å². The van der Waals surface area contributed by atoms with Crippen molar-refractivity contribution in [2.45, 2.75) is 31.8 Å². The number of hydrogen-bond acceptors (Lipinski definition) is 1. The Morgan fingerprint density at radius 1 is 0.880 bits per heavy atom. The van der Waals surface area contributed by atoms with Gasteiger partial charge in [-0.1, -0.05) is 0 Å². The van der Waals surface area contributed by atoms with Gasteiger partial charge in [0.15, 0.2) is 0 Å². The summed E-state index contributed by atoms with van der Waals surface area (Å²) in [5, 5.41) is 0. The standard InChI is InChI=1S/C23H27GeN/c1-18(2)15-20-17-25-23(19-11-7-5-8-12-19)16-22(20)24(3,4)21-13-9-6-10-14-21/h5-14,16-18H,15H2,1-4H3. The molecular weight excluding hydrogens is 363 g/mol. The number of rotatable bonds is 5. The van der Waals surface area contributed by atoms with Gasteiger partial charge >= 0.3 is 154 Å². The SMILES string of the molecule is CC(C)Cc1cnc(-c2ccccc2)c[c]1[Ge]([CH3])([CH3])[c]1ccccc1. The van der Waals surface area contributed by atoms with Crippen molar-refractivity contribution in [1.29, 1.82) is 0 Å². The van der Waals surface area contributed by atoms with Gasteiger partial charge in [0.2, 0.25) is 0 Å². The Hall–Kier alpha value is -1.87. The van der Waals surface area contributed by atoms with Crippen LogP contribution in [0.1, 0.15) is 19.4 Å². The van der Waals surface area contributed by atoms with Crippen LogP contribution in [-0.4, -0.2) is 18.3 Å². The van der Waals surface area contributed by atoms with Gasteiger partial charge in [0.1, 0.15) is 0 Å². The second kappa shape index (κ2) is 7.57. The topological polar surface area (TPSA) is 12.9 Å². The summed E-state index contributed by atoms with van der Waals surface area (Å²) in [6.07, 6.45) is 3.23. The molecule has 0 atom stereocenters. The normalized spacial score (nSPS) is 11.7. The second-order valence-electron chi connectivity index (χ2n) is 7.68. The van der Waals surface area contributed by atoms with Crippen molar-refractivity contribution in [3.63, 3.8) is 0 Å². The Morgan fingerprint density at radius 3 is 2.08 bits per heavy atom. The molecule has 0 fully saturated rings. The maximum absolute atomic E-state index is 4.80. The fourth-order valence-electron chi connectivity index (χ4n) is 3.45. The Bertz CT molecular complexity index is 823. The third-order valence-electron chi connectivity index (χ3n) is 4.85. The van der Waals surface area contributed by atoms with Crippen LogP contribution in [0.4, 0.5) is 0 Å². The molecule has 0 saturated carbocycles. The molecule has 1 heterocycles. The van der Waals surface area contributed by atoms with E-state index in [-0.39, 0.29) is 0 Å². The fraction of sp³-hybridized carbons (Fsp3) is 0.261. The van der Waals surface area contributed by atoms with Gasteiger partial charge < -0.3 is 0 Å². The molecule has 0 radical (unpaired) electrons. The van der Waals surface area contributed by atoms with Crippen molar-refractivity contribution in [1.82, 2.24) is 4.98 Å². The van der Waals surface area contributed by atoms with E-state index in [2.05, 4.69) is 98.3 Å². The third-order valence-corrected chi connectivity index (χ3v) is 12.4. The van der Waals surface area contributed by atoms with E-state index in [0.717, 1.165) is 12.1 Å².